The molecule has 1 saturated carbocycles. The minimum atomic E-state index is 0.371. The third kappa shape index (κ3) is 3.88. The lowest BCUT2D eigenvalue weighted by Crippen LogP contribution is -2.09. The SMILES string of the molecule is Cc1ccc(CC(=O)CSC2CCCC2)cc1C. The first-order valence-corrected chi connectivity index (χ1v) is 7.89. The molecule has 0 aromatic heterocycles. The van der Waals surface area contributed by atoms with Gasteiger partial charge in [-0.05, 0) is 43.4 Å². The number of hydrogen-bond donors (Lipinski definition) is 0. The van der Waals surface area contributed by atoms with Crippen LogP contribution in [-0.4, -0.2) is 16.8 Å². The summed E-state index contributed by atoms with van der Waals surface area (Å²) in [6.45, 7) is 4.22. The molecule has 0 aliphatic heterocycles. The molecule has 1 nitrogen and oxygen atoms in total. The summed E-state index contributed by atoms with van der Waals surface area (Å²) in [7, 11) is 0. The number of aryl methyl sites for hydroxylation is 2. The Morgan fingerprint density at radius 1 is 1.22 bits per heavy atom. The summed E-state index contributed by atoms with van der Waals surface area (Å²) in [5.41, 5.74) is 3.74. The quantitative estimate of drug-likeness (QED) is 0.795. The van der Waals surface area contributed by atoms with E-state index in [0.29, 0.717) is 18.0 Å². The molecular weight excluding hydrogens is 240 g/mol. The van der Waals surface area contributed by atoms with Crippen LogP contribution < -0.4 is 0 Å². The summed E-state index contributed by atoms with van der Waals surface area (Å²) in [6.07, 6.45) is 5.91. The molecule has 98 valence electrons. The third-order valence-corrected chi connectivity index (χ3v) is 5.19. The van der Waals surface area contributed by atoms with E-state index in [1.165, 1.54) is 36.8 Å². The fourth-order valence-corrected chi connectivity index (χ4v) is 3.65. The first-order valence-electron chi connectivity index (χ1n) is 6.84. The second kappa shape index (κ2) is 6.42. The Kier molecular flexibility index (Phi) is 4.87. The van der Waals surface area contributed by atoms with E-state index in [-0.39, 0.29) is 0 Å². The third-order valence-electron chi connectivity index (χ3n) is 3.75. The van der Waals surface area contributed by atoms with Crippen LogP contribution in [0.15, 0.2) is 18.2 Å². The number of ketones is 1. The highest BCUT2D eigenvalue weighted by Gasteiger charge is 2.16. The number of benzene rings is 1. The maximum atomic E-state index is 11.9. The van der Waals surface area contributed by atoms with E-state index in [0.717, 1.165) is 10.8 Å². The lowest BCUT2D eigenvalue weighted by molar-refractivity contribution is -0.116. The van der Waals surface area contributed by atoms with Crippen LogP contribution in [0, 0.1) is 13.8 Å². The van der Waals surface area contributed by atoms with Gasteiger partial charge >= 0.3 is 0 Å². The second-order valence-corrected chi connectivity index (χ2v) is 6.64. The molecule has 1 aromatic rings. The van der Waals surface area contributed by atoms with Crippen molar-refractivity contribution >= 4 is 17.5 Å². The molecule has 1 aromatic carbocycles. The zero-order valence-electron chi connectivity index (χ0n) is 11.4. The van der Waals surface area contributed by atoms with E-state index >= 15 is 0 Å². The maximum absolute atomic E-state index is 11.9. The first-order chi connectivity index (χ1) is 8.65. The van der Waals surface area contributed by atoms with Gasteiger partial charge in [0.1, 0.15) is 5.78 Å². The number of rotatable bonds is 5. The molecule has 18 heavy (non-hydrogen) atoms. The van der Waals surface area contributed by atoms with E-state index in [4.69, 9.17) is 0 Å². The fraction of sp³-hybridized carbons (Fsp3) is 0.562. The van der Waals surface area contributed by atoms with Crippen molar-refractivity contribution in [2.45, 2.75) is 51.2 Å². The van der Waals surface area contributed by atoms with Crippen molar-refractivity contribution in [3.8, 4) is 0 Å². The maximum Gasteiger partial charge on any atom is 0.147 e. The van der Waals surface area contributed by atoms with Gasteiger partial charge in [0, 0.05) is 11.7 Å². The standard InChI is InChI=1S/C16H22OS/c1-12-7-8-14(9-13(12)2)10-15(17)11-18-16-5-3-4-6-16/h7-9,16H,3-6,10-11H2,1-2H3. The largest absolute Gasteiger partial charge is 0.298 e. The van der Waals surface area contributed by atoms with E-state index in [9.17, 15) is 4.79 Å². The van der Waals surface area contributed by atoms with Gasteiger partial charge in [-0.1, -0.05) is 31.0 Å². The number of hydrogen-bond acceptors (Lipinski definition) is 2. The van der Waals surface area contributed by atoms with Crippen molar-refractivity contribution in [1.82, 2.24) is 0 Å². The minimum Gasteiger partial charge on any atom is -0.298 e. The topological polar surface area (TPSA) is 17.1 Å². The van der Waals surface area contributed by atoms with Crippen LogP contribution in [0.4, 0.5) is 0 Å². The smallest absolute Gasteiger partial charge is 0.147 e. The highest BCUT2D eigenvalue weighted by atomic mass is 32.2. The number of carbonyl (C=O) groups excluding carboxylic acids is 1. The predicted octanol–water partition coefficient (Wildman–Crippen LogP) is 4.09. The van der Waals surface area contributed by atoms with Gasteiger partial charge in [0.25, 0.3) is 0 Å². The molecule has 1 fully saturated rings. The fourth-order valence-electron chi connectivity index (χ4n) is 2.46. The average Bonchev–Trinajstić information content (AvgIpc) is 2.84. The van der Waals surface area contributed by atoms with Crippen molar-refractivity contribution in [3.63, 3.8) is 0 Å². The molecule has 0 amide bonds. The van der Waals surface area contributed by atoms with Crippen LogP contribution in [0.5, 0.6) is 0 Å². The van der Waals surface area contributed by atoms with Crippen molar-refractivity contribution in [2.24, 2.45) is 0 Å². The van der Waals surface area contributed by atoms with E-state index in [1.54, 1.807) is 0 Å². The van der Waals surface area contributed by atoms with Crippen molar-refractivity contribution < 1.29 is 4.79 Å². The Hall–Kier alpha value is -0.760. The lowest BCUT2D eigenvalue weighted by Gasteiger charge is -2.08. The minimum absolute atomic E-state index is 0.371. The van der Waals surface area contributed by atoms with Gasteiger partial charge in [-0.15, -0.1) is 0 Å². The van der Waals surface area contributed by atoms with Crippen molar-refractivity contribution in [2.75, 3.05) is 5.75 Å². The molecule has 0 N–H and O–H groups in total. The Balaban J connectivity index is 1.80. The molecule has 1 aliphatic rings. The summed E-state index contributed by atoms with van der Waals surface area (Å²) >= 11 is 1.87. The van der Waals surface area contributed by atoms with Crippen molar-refractivity contribution in [3.05, 3.63) is 34.9 Å². The predicted molar refractivity (Wildman–Crippen MR) is 79.3 cm³/mol. The molecule has 0 unspecified atom stereocenters. The molecule has 0 saturated heterocycles. The van der Waals surface area contributed by atoms with Gasteiger partial charge in [-0.2, -0.15) is 11.8 Å². The highest BCUT2D eigenvalue weighted by molar-refractivity contribution is 8.00. The van der Waals surface area contributed by atoms with Gasteiger partial charge in [0.15, 0.2) is 0 Å². The monoisotopic (exact) mass is 262 g/mol. The van der Waals surface area contributed by atoms with Gasteiger partial charge in [-0.3, -0.25) is 4.79 Å². The Bertz CT molecular complexity index is 419. The number of carbonyl (C=O) groups is 1. The van der Waals surface area contributed by atoms with Crippen molar-refractivity contribution in [1.29, 1.82) is 0 Å². The van der Waals surface area contributed by atoms with Gasteiger partial charge < -0.3 is 0 Å². The van der Waals surface area contributed by atoms with Gasteiger partial charge in [0.05, 0.1) is 5.75 Å². The zero-order valence-corrected chi connectivity index (χ0v) is 12.2. The van der Waals surface area contributed by atoms with E-state index in [2.05, 4.69) is 32.0 Å². The van der Waals surface area contributed by atoms with E-state index < -0.39 is 0 Å². The molecule has 2 heteroatoms. The normalized spacial score (nSPS) is 16.1. The summed E-state index contributed by atoms with van der Waals surface area (Å²) in [5, 5.41) is 0.744. The Morgan fingerprint density at radius 2 is 1.94 bits per heavy atom. The zero-order chi connectivity index (χ0) is 13.0. The van der Waals surface area contributed by atoms with Crippen LogP contribution in [0.1, 0.15) is 42.4 Å². The molecule has 0 radical (unpaired) electrons. The van der Waals surface area contributed by atoms with Crippen LogP contribution in [-0.2, 0) is 11.2 Å². The molecule has 1 aliphatic carbocycles. The summed E-state index contributed by atoms with van der Waals surface area (Å²) in [4.78, 5) is 11.9. The van der Waals surface area contributed by atoms with Crippen LogP contribution >= 0.6 is 11.8 Å². The lowest BCUT2D eigenvalue weighted by atomic mass is 10.0. The Labute approximate surface area is 114 Å². The second-order valence-electron chi connectivity index (χ2n) is 5.35. The van der Waals surface area contributed by atoms with Crippen LogP contribution in [0.3, 0.4) is 0 Å². The summed E-state index contributed by atoms with van der Waals surface area (Å²) in [5.74, 6) is 1.06. The van der Waals surface area contributed by atoms with Crippen LogP contribution in [0.2, 0.25) is 0 Å². The molecular formula is C16H22OS. The number of Topliss-reactive ketones (excluding diaryl/α,β-unsaturated/α-hetero) is 1. The molecule has 0 spiro atoms. The molecule has 0 heterocycles. The molecule has 2 rings (SSSR count). The Morgan fingerprint density at radius 3 is 2.61 bits per heavy atom. The molecule has 0 atom stereocenters. The highest BCUT2D eigenvalue weighted by Crippen LogP contribution is 2.29. The van der Waals surface area contributed by atoms with Gasteiger partial charge in [0.2, 0.25) is 0 Å². The molecule has 0 bridgehead atoms. The van der Waals surface area contributed by atoms with E-state index in [1.807, 2.05) is 11.8 Å². The number of thioether (sulfide) groups is 1. The average molecular weight is 262 g/mol. The summed E-state index contributed by atoms with van der Waals surface area (Å²) < 4.78 is 0. The van der Waals surface area contributed by atoms with Gasteiger partial charge in [-0.25, -0.2) is 0 Å². The van der Waals surface area contributed by atoms with Crippen LogP contribution in [0.25, 0.3) is 0 Å². The summed E-state index contributed by atoms with van der Waals surface area (Å²) in [6, 6.07) is 6.34. The first kappa shape index (κ1) is 13.7.